The molecule has 0 radical (unpaired) electrons. The van der Waals surface area contributed by atoms with E-state index in [1.807, 2.05) is 0 Å². The Labute approximate surface area is 87.5 Å². The first-order valence-electron chi connectivity index (χ1n) is 4.48. The Morgan fingerprint density at radius 1 is 1.57 bits per heavy atom. The number of hydrogen-bond donors (Lipinski definition) is 1. The van der Waals surface area contributed by atoms with Crippen LogP contribution >= 0.6 is 11.6 Å². The first-order valence-corrected chi connectivity index (χ1v) is 5.01. The zero-order valence-corrected chi connectivity index (χ0v) is 8.57. The molecular weight excluding hydrogens is 210 g/mol. The molecule has 1 rings (SSSR count). The van der Waals surface area contributed by atoms with Crippen LogP contribution in [0.5, 0.6) is 0 Å². The fourth-order valence-corrected chi connectivity index (χ4v) is 1.49. The summed E-state index contributed by atoms with van der Waals surface area (Å²) in [5.41, 5.74) is 0. The minimum absolute atomic E-state index is 0.184. The van der Waals surface area contributed by atoms with Gasteiger partial charge in [-0.1, -0.05) is 0 Å². The summed E-state index contributed by atoms with van der Waals surface area (Å²) in [4.78, 5) is 12.4. The number of carboxylic acid groups (broad SMARTS) is 1. The van der Waals surface area contributed by atoms with E-state index >= 15 is 0 Å². The van der Waals surface area contributed by atoms with Crippen molar-refractivity contribution in [2.24, 2.45) is 0 Å². The molecule has 0 bridgehead atoms. The van der Waals surface area contributed by atoms with Crippen LogP contribution in [0.2, 0.25) is 0 Å². The summed E-state index contributed by atoms with van der Waals surface area (Å²) in [5, 5.41) is 8.42. The molecule has 0 saturated carbocycles. The predicted octanol–water partition coefficient (Wildman–Crippen LogP) is 0.621. The summed E-state index contributed by atoms with van der Waals surface area (Å²) in [5.74, 6) is 0.184. The molecule has 0 aromatic heterocycles. The molecule has 82 valence electrons. The topological polar surface area (TPSA) is 59.0 Å². The summed E-state index contributed by atoms with van der Waals surface area (Å²) in [7, 11) is 0. The van der Waals surface area contributed by atoms with Crippen molar-refractivity contribution in [3.8, 4) is 0 Å². The van der Waals surface area contributed by atoms with Crippen LogP contribution < -0.4 is 0 Å². The minimum atomic E-state index is -1.27. The Hall–Kier alpha value is -0.520. The Balaban J connectivity index is 2.27. The van der Waals surface area contributed by atoms with E-state index in [1.165, 1.54) is 0 Å². The fourth-order valence-electron chi connectivity index (χ4n) is 1.33. The van der Waals surface area contributed by atoms with Gasteiger partial charge in [0.15, 0.2) is 0 Å². The van der Waals surface area contributed by atoms with Crippen LogP contribution in [0.25, 0.3) is 0 Å². The average Bonchev–Trinajstić information content (AvgIpc) is 2.17. The van der Waals surface area contributed by atoms with E-state index in [1.54, 1.807) is 0 Å². The molecule has 0 amide bonds. The second kappa shape index (κ2) is 6.06. The number of carbonyl (C=O) groups is 1. The van der Waals surface area contributed by atoms with Crippen molar-refractivity contribution in [2.75, 3.05) is 38.7 Å². The van der Waals surface area contributed by atoms with Crippen molar-refractivity contribution >= 4 is 17.8 Å². The number of halogens is 1. The largest absolute Gasteiger partial charge is 0.506 e. The Kier molecular flexibility index (Phi) is 5.00. The van der Waals surface area contributed by atoms with Gasteiger partial charge in [-0.2, -0.15) is 0 Å². The first-order chi connectivity index (χ1) is 6.72. The highest BCUT2D eigenvalue weighted by Crippen LogP contribution is 2.03. The summed E-state index contributed by atoms with van der Waals surface area (Å²) in [6.45, 7) is 3.51. The normalized spacial score (nSPS) is 20.4. The third-order valence-corrected chi connectivity index (χ3v) is 2.35. The highest BCUT2D eigenvalue weighted by atomic mass is 35.5. The van der Waals surface area contributed by atoms with Crippen molar-refractivity contribution in [1.82, 2.24) is 4.90 Å². The van der Waals surface area contributed by atoms with E-state index in [9.17, 15) is 4.79 Å². The molecule has 6 heteroatoms. The van der Waals surface area contributed by atoms with Crippen LogP contribution in [-0.2, 0) is 9.47 Å². The van der Waals surface area contributed by atoms with Gasteiger partial charge in [0, 0.05) is 19.6 Å². The SMILES string of the molecule is O=C(O)OC(CCl)CN1CCOCC1. The van der Waals surface area contributed by atoms with Crippen molar-refractivity contribution < 1.29 is 19.4 Å². The van der Waals surface area contributed by atoms with Gasteiger partial charge in [0.1, 0.15) is 6.10 Å². The number of nitrogens with zero attached hydrogens (tertiary/aromatic N) is 1. The third kappa shape index (κ3) is 4.13. The summed E-state index contributed by atoms with van der Waals surface area (Å²) >= 11 is 5.58. The molecule has 1 atom stereocenters. The van der Waals surface area contributed by atoms with Gasteiger partial charge >= 0.3 is 6.16 Å². The standard InChI is InChI=1S/C8H14ClNO4/c9-5-7(14-8(11)12)6-10-1-3-13-4-2-10/h7H,1-6H2,(H,11,12). The maximum Gasteiger partial charge on any atom is 0.506 e. The maximum atomic E-state index is 10.3. The number of rotatable bonds is 4. The lowest BCUT2D eigenvalue weighted by Gasteiger charge is -2.28. The molecule has 1 aliphatic rings. The first kappa shape index (κ1) is 11.6. The van der Waals surface area contributed by atoms with E-state index in [0.29, 0.717) is 19.8 Å². The van der Waals surface area contributed by atoms with Gasteiger partial charge in [-0.3, -0.25) is 4.90 Å². The molecule has 1 heterocycles. The molecule has 1 fully saturated rings. The van der Waals surface area contributed by atoms with Crippen molar-refractivity contribution in [2.45, 2.75) is 6.10 Å². The van der Waals surface area contributed by atoms with Crippen LogP contribution in [0.3, 0.4) is 0 Å². The van der Waals surface area contributed by atoms with Crippen molar-refractivity contribution in [1.29, 1.82) is 0 Å². The molecule has 0 aromatic rings. The van der Waals surface area contributed by atoms with E-state index in [-0.39, 0.29) is 5.88 Å². The maximum absolute atomic E-state index is 10.3. The van der Waals surface area contributed by atoms with Gasteiger partial charge in [0.2, 0.25) is 0 Å². The van der Waals surface area contributed by atoms with E-state index in [4.69, 9.17) is 21.4 Å². The number of alkyl halides is 1. The highest BCUT2D eigenvalue weighted by Gasteiger charge is 2.18. The molecule has 1 unspecified atom stereocenters. The Morgan fingerprint density at radius 3 is 2.71 bits per heavy atom. The lowest BCUT2D eigenvalue weighted by atomic mass is 10.3. The van der Waals surface area contributed by atoms with Crippen LogP contribution in [-0.4, -0.2) is 61.0 Å². The van der Waals surface area contributed by atoms with Crippen LogP contribution in [0, 0.1) is 0 Å². The molecule has 0 spiro atoms. The smallest absolute Gasteiger partial charge is 0.450 e. The quantitative estimate of drug-likeness (QED) is 0.559. The summed E-state index contributed by atoms with van der Waals surface area (Å²) in [6.07, 6.45) is -1.73. The van der Waals surface area contributed by atoms with Gasteiger partial charge in [-0.25, -0.2) is 4.79 Å². The predicted molar refractivity (Wildman–Crippen MR) is 50.9 cm³/mol. The molecule has 1 N–H and O–H groups in total. The fraction of sp³-hybridized carbons (Fsp3) is 0.875. The average molecular weight is 224 g/mol. The second-order valence-electron chi connectivity index (χ2n) is 3.07. The number of morpholine rings is 1. The third-order valence-electron chi connectivity index (χ3n) is 2.01. The highest BCUT2D eigenvalue weighted by molar-refractivity contribution is 6.18. The van der Waals surface area contributed by atoms with Gasteiger partial charge < -0.3 is 14.6 Å². The lowest BCUT2D eigenvalue weighted by molar-refractivity contribution is 0.00347. The molecular formula is C8H14ClNO4. The van der Waals surface area contributed by atoms with Gasteiger partial charge in [-0.05, 0) is 0 Å². The van der Waals surface area contributed by atoms with Crippen LogP contribution in [0.15, 0.2) is 0 Å². The second-order valence-corrected chi connectivity index (χ2v) is 3.38. The van der Waals surface area contributed by atoms with E-state index < -0.39 is 12.3 Å². The van der Waals surface area contributed by atoms with Gasteiger partial charge in [0.05, 0.1) is 19.1 Å². The van der Waals surface area contributed by atoms with E-state index in [2.05, 4.69) is 9.64 Å². The van der Waals surface area contributed by atoms with Crippen molar-refractivity contribution in [3.05, 3.63) is 0 Å². The van der Waals surface area contributed by atoms with Crippen molar-refractivity contribution in [3.63, 3.8) is 0 Å². The molecule has 0 aromatic carbocycles. The molecule has 1 saturated heterocycles. The Morgan fingerprint density at radius 2 is 2.21 bits per heavy atom. The summed E-state index contributed by atoms with van der Waals surface area (Å²) in [6, 6.07) is 0. The Bertz CT molecular complexity index is 184. The van der Waals surface area contributed by atoms with Crippen LogP contribution in [0.4, 0.5) is 4.79 Å². The van der Waals surface area contributed by atoms with Gasteiger partial charge in [-0.15, -0.1) is 11.6 Å². The van der Waals surface area contributed by atoms with E-state index in [0.717, 1.165) is 13.1 Å². The molecule has 5 nitrogen and oxygen atoms in total. The molecule has 14 heavy (non-hydrogen) atoms. The zero-order chi connectivity index (χ0) is 10.4. The number of ether oxygens (including phenoxy) is 2. The summed E-state index contributed by atoms with van der Waals surface area (Å²) < 4.78 is 9.77. The monoisotopic (exact) mass is 223 g/mol. The minimum Gasteiger partial charge on any atom is -0.450 e. The number of hydrogen-bond acceptors (Lipinski definition) is 4. The van der Waals surface area contributed by atoms with Gasteiger partial charge in [0.25, 0.3) is 0 Å². The molecule has 0 aliphatic carbocycles. The lowest BCUT2D eigenvalue weighted by Crippen LogP contribution is -2.42. The zero-order valence-electron chi connectivity index (χ0n) is 7.82. The van der Waals surface area contributed by atoms with Crippen LogP contribution in [0.1, 0.15) is 0 Å². The molecule has 1 aliphatic heterocycles.